The maximum atomic E-state index is 13.0. The highest BCUT2D eigenvalue weighted by Crippen LogP contribution is 2.34. The quantitative estimate of drug-likeness (QED) is 0.915. The maximum absolute atomic E-state index is 13.0. The molecule has 0 aliphatic carbocycles. The Balaban J connectivity index is 1.72. The first kappa shape index (κ1) is 11.8. The van der Waals surface area contributed by atoms with Gasteiger partial charge in [-0.2, -0.15) is 0 Å². The van der Waals surface area contributed by atoms with Crippen molar-refractivity contribution in [2.75, 3.05) is 12.1 Å². The molecule has 0 saturated heterocycles. The minimum absolute atomic E-state index is 0.204. The van der Waals surface area contributed by atoms with Gasteiger partial charge in [0.1, 0.15) is 5.82 Å². The number of anilines is 1. The van der Waals surface area contributed by atoms with Crippen LogP contribution in [0.15, 0.2) is 36.4 Å². The van der Waals surface area contributed by atoms with Gasteiger partial charge in [-0.3, -0.25) is 0 Å². The van der Waals surface area contributed by atoms with Crippen LogP contribution in [0.2, 0.25) is 0 Å². The topological polar surface area (TPSA) is 30.5 Å². The summed E-state index contributed by atoms with van der Waals surface area (Å²) in [6.07, 6.45) is 0. The van der Waals surface area contributed by atoms with E-state index in [-0.39, 0.29) is 12.6 Å². The second-order valence-electron chi connectivity index (χ2n) is 4.49. The van der Waals surface area contributed by atoms with Gasteiger partial charge >= 0.3 is 0 Å². The standard InChI is InChI=1S/C15H14FNO2/c1-10-6-12(16)3-2-11(10)8-17-13-4-5-14-15(7-13)19-9-18-14/h2-7,17H,8-9H2,1H3. The Morgan fingerprint density at radius 1 is 1.11 bits per heavy atom. The number of nitrogens with one attached hydrogen (secondary N) is 1. The van der Waals surface area contributed by atoms with Crippen molar-refractivity contribution in [3.05, 3.63) is 53.3 Å². The van der Waals surface area contributed by atoms with E-state index in [0.717, 1.165) is 28.3 Å². The predicted octanol–water partition coefficient (Wildman–Crippen LogP) is 3.47. The van der Waals surface area contributed by atoms with Crippen molar-refractivity contribution in [3.8, 4) is 11.5 Å². The lowest BCUT2D eigenvalue weighted by Crippen LogP contribution is -2.01. The second-order valence-corrected chi connectivity index (χ2v) is 4.49. The van der Waals surface area contributed by atoms with Crippen LogP contribution in [0.3, 0.4) is 0 Å². The van der Waals surface area contributed by atoms with E-state index in [0.29, 0.717) is 6.54 Å². The van der Waals surface area contributed by atoms with Crippen LogP contribution >= 0.6 is 0 Å². The van der Waals surface area contributed by atoms with E-state index in [2.05, 4.69) is 5.32 Å². The molecule has 0 atom stereocenters. The van der Waals surface area contributed by atoms with Gasteiger partial charge in [-0.05, 0) is 42.3 Å². The van der Waals surface area contributed by atoms with Crippen molar-refractivity contribution in [1.82, 2.24) is 0 Å². The maximum Gasteiger partial charge on any atom is 0.231 e. The number of hydrogen-bond donors (Lipinski definition) is 1. The van der Waals surface area contributed by atoms with E-state index in [9.17, 15) is 4.39 Å². The third kappa shape index (κ3) is 2.47. The number of ether oxygens (including phenoxy) is 2. The summed E-state index contributed by atoms with van der Waals surface area (Å²) in [5.41, 5.74) is 2.96. The van der Waals surface area contributed by atoms with Crippen LogP contribution in [0.1, 0.15) is 11.1 Å². The van der Waals surface area contributed by atoms with E-state index in [4.69, 9.17) is 9.47 Å². The van der Waals surface area contributed by atoms with Gasteiger partial charge in [-0.25, -0.2) is 4.39 Å². The van der Waals surface area contributed by atoms with E-state index in [1.54, 1.807) is 6.07 Å². The van der Waals surface area contributed by atoms with Crippen LogP contribution in [0.4, 0.5) is 10.1 Å². The summed E-state index contributed by atoms with van der Waals surface area (Å²) in [4.78, 5) is 0. The summed E-state index contributed by atoms with van der Waals surface area (Å²) in [7, 11) is 0. The monoisotopic (exact) mass is 259 g/mol. The lowest BCUT2D eigenvalue weighted by atomic mass is 10.1. The molecule has 0 unspecified atom stereocenters. The summed E-state index contributed by atoms with van der Waals surface area (Å²) in [5.74, 6) is 1.31. The molecule has 1 heterocycles. The molecule has 1 aliphatic rings. The van der Waals surface area contributed by atoms with Crippen molar-refractivity contribution < 1.29 is 13.9 Å². The van der Waals surface area contributed by atoms with Crippen LogP contribution in [0.25, 0.3) is 0 Å². The molecule has 98 valence electrons. The van der Waals surface area contributed by atoms with E-state index < -0.39 is 0 Å². The number of rotatable bonds is 3. The predicted molar refractivity (Wildman–Crippen MR) is 71.0 cm³/mol. The van der Waals surface area contributed by atoms with Crippen molar-refractivity contribution in [3.63, 3.8) is 0 Å². The van der Waals surface area contributed by atoms with E-state index in [1.165, 1.54) is 12.1 Å². The van der Waals surface area contributed by atoms with E-state index in [1.807, 2.05) is 25.1 Å². The molecule has 3 nitrogen and oxygen atoms in total. The smallest absolute Gasteiger partial charge is 0.231 e. The van der Waals surface area contributed by atoms with Gasteiger partial charge in [0.05, 0.1) is 0 Å². The highest BCUT2D eigenvalue weighted by molar-refractivity contribution is 5.55. The number of fused-ring (bicyclic) bond motifs is 1. The lowest BCUT2D eigenvalue weighted by Gasteiger charge is -2.09. The molecule has 1 aliphatic heterocycles. The first-order chi connectivity index (χ1) is 9.22. The van der Waals surface area contributed by atoms with Crippen LogP contribution < -0.4 is 14.8 Å². The van der Waals surface area contributed by atoms with Crippen LogP contribution in [0.5, 0.6) is 11.5 Å². The van der Waals surface area contributed by atoms with Crippen molar-refractivity contribution in [2.45, 2.75) is 13.5 Å². The SMILES string of the molecule is Cc1cc(F)ccc1CNc1ccc2c(c1)OCO2. The third-order valence-electron chi connectivity index (χ3n) is 3.16. The Labute approximate surface area is 111 Å². The number of halogens is 1. The summed E-state index contributed by atoms with van der Waals surface area (Å²) in [6, 6.07) is 10.5. The number of aryl methyl sites for hydroxylation is 1. The minimum atomic E-state index is -0.204. The largest absolute Gasteiger partial charge is 0.454 e. The Bertz CT molecular complexity index is 613. The average molecular weight is 259 g/mol. The molecule has 0 amide bonds. The molecule has 3 rings (SSSR count). The molecule has 0 bridgehead atoms. The van der Waals surface area contributed by atoms with Crippen molar-refractivity contribution in [1.29, 1.82) is 0 Å². The van der Waals surface area contributed by atoms with Gasteiger partial charge in [0.2, 0.25) is 6.79 Å². The normalized spacial score (nSPS) is 12.5. The molecule has 0 radical (unpaired) electrons. The number of hydrogen-bond acceptors (Lipinski definition) is 3. The fraction of sp³-hybridized carbons (Fsp3) is 0.200. The Hall–Kier alpha value is -2.23. The minimum Gasteiger partial charge on any atom is -0.454 e. The molecular weight excluding hydrogens is 245 g/mol. The summed E-state index contributed by atoms with van der Waals surface area (Å²) < 4.78 is 23.6. The van der Waals surface area contributed by atoms with Gasteiger partial charge in [-0.1, -0.05) is 6.07 Å². The molecule has 1 N–H and O–H groups in total. The van der Waals surface area contributed by atoms with Crippen LogP contribution in [-0.2, 0) is 6.54 Å². The first-order valence-electron chi connectivity index (χ1n) is 6.11. The highest BCUT2D eigenvalue weighted by atomic mass is 19.1. The zero-order valence-electron chi connectivity index (χ0n) is 10.6. The summed E-state index contributed by atoms with van der Waals surface area (Å²) in [5, 5.41) is 3.29. The van der Waals surface area contributed by atoms with Gasteiger partial charge < -0.3 is 14.8 Å². The molecule has 4 heteroatoms. The van der Waals surface area contributed by atoms with E-state index >= 15 is 0 Å². The molecule has 19 heavy (non-hydrogen) atoms. The third-order valence-corrected chi connectivity index (χ3v) is 3.16. The second kappa shape index (κ2) is 4.80. The first-order valence-corrected chi connectivity index (χ1v) is 6.11. The number of benzene rings is 2. The highest BCUT2D eigenvalue weighted by Gasteiger charge is 2.13. The average Bonchev–Trinajstić information content (AvgIpc) is 2.85. The molecular formula is C15H14FNO2. The summed E-state index contributed by atoms with van der Waals surface area (Å²) >= 11 is 0. The van der Waals surface area contributed by atoms with Crippen LogP contribution in [0, 0.1) is 12.7 Å². The molecule has 0 saturated carbocycles. The fourth-order valence-corrected chi connectivity index (χ4v) is 2.06. The van der Waals surface area contributed by atoms with Gasteiger partial charge in [-0.15, -0.1) is 0 Å². The zero-order valence-corrected chi connectivity index (χ0v) is 10.6. The lowest BCUT2D eigenvalue weighted by molar-refractivity contribution is 0.174. The summed E-state index contributed by atoms with van der Waals surface area (Å²) in [6.45, 7) is 2.82. The molecule has 0 spiro atoms. The fourth-order valence-electron chi connectivity index (χ4n) is 2.06. The molecule has 2 aromatic carbocycles. The van der Waals surface area contributed by atoms with Crippen molar-refractivity contribution in [2.24, 2.45) is 0 Å². The Morgan fingerprint density at radius 2 is 1.95 bits per heavy atom. The Morgan fingerprint density at radius 3 is 2.79 bits per heavy atom. The van der Waals surface area contributed by atoms with Crippen molar-refractivity contribution >= 4 is 5.69 Å². The molecule has 2 aromatic rings. The molecule has 0 aromatic heterocycles. The van der Waals surface area contributed by atoms with Gasteiger partial charge in [0.15, 0.2) is 11.5 Å². The molecule has 0 fully saturated rings. The zero-order chi connectivity index (χ0) is 13.2. The Kier molecular flexibility index (Phi) is 2.99. The van der Waals surface area contributed by atoms with Gasteiger partial charge in [0.25, 0.3) is 0 Å². The van der Waals surface area contributed by atoms with Gasteiger partial charge in [0, 0.05) is 18.3 Å². The van der Waals surface area contributed by atoms with Crippen LogP contribution in [-0.4, -0.2) is 6.79 Å².